The minimum Gasteiger partial charge on any atom is -0.469 e. The molecule has 4 nitrogen and oxygen atoms in total. The first-order chi connectivity index (χ1) is 8.83. The van der Waals surface area contributed by atoms with Crippen LogP contribution in [0.1, 0.15) is 46.5 Å². The molecule has 0 fully saturated rings. The SMILES string of the molecule is C=CC(C)(CCC=C(C)C)OC(=O)CCC(=O)OC. The molecule has 19 heavy (non-hydrogen) atoms. The summed E-state index contributed by atoms with van der Waals surface area (Å²) < 4.78 is 9.84. The van der Waals surface area contributed by atoms with E-state index in [0.29, 0.717) is 6.42 Å². The molecule has 1 unspecified atom stereocenters. The molecule has 0 bridgehead atoms. The van der Waals surface area contributed by atoms with Gasteiger partial charge in [-0.2, -0.15) is 0 Å². The lowest BCUT2D eigenvalue weighted by atomic mass is 9.99. The standard InChI is InChI=1S/C15H24O4/c1-6-15(4,11-7-8-12(2)3)19-14(17)10-9-13(16)18-5/h6,8H,1,7,9-11H2,2-5H3. The quantitative estimate of drug-likeness (QED) is 0.501. The van der Waals surface area contributed by atoms with Gasteiger partial charge in [0.2, 0.25) is 0 Å². The number of esters is 2. The fourth-order valence-electron chi connectivity index (χ4n) is 1.46. The zero-order valence-corrected chi connectivity index (χ0v) is 12.3. The monoisotopic (exact) mass is 268 g/mol. The van der Waals surface area contributed by atoms with Gasteiger partial charge in [0.1, 0.15) is 5.60 Å². The van der Waals surface area contributed by atoms with Gasteiger partial charge in [0.25, 0.3) is 0 Å². The van der Waals surface area contributed by atoms with E-state index in [2.05, 4.69) is 17.4 Å². The van der Waals surface area contributed by atoms with E-state index < -0.39 is 17.5 Å². The Morgan fingerprint density at radius 2 is 1.79 bits per heavy atom. The first-order valence-corrected chi connectivity index (χ1v) is 6.38. The van der Waals surface area contributed by atoms with E-state index >= 15 is 0 Å². The van der Waals surface area contributed by atoms with Crippen LogP contribution in [-0.4, -0.2) is 24.6 Å². The molecule has 0 aliphatic carbocycles. The molecule has 4 heteroatoms. The van der Waals surface area contributed by atoms with Crippen LogP contribution in [0.2, 0.25) is 0 Å². The largest absolute Gasteiger partial charge is 0.469 e. The number of hydrogen-bond donors (Lipinski definition) is 0. The Kier molecular flexibility index (Phi) is 7.80. The van der Waals surface area contributed by atoms with Crippen LogP contribution < -0.4 is 0 Å². The number of methoxy groups -OCH3 is 1. The van der Waals surface area contributed by atoms with E-state index in [9.17, 15) is 9.59 Å². The molecule has 0 aromatic heterocycles. The summed E-state index contributed by atoms with van der Waals surface area (Å²) in [6, 6.07) is 0. The van der Waals surface area contributed by atoms with Gasteiger partial charge >= 0.3 is 11.9 Å². The van der Waals surface area contributed by atoms with Crippen molar-refractivity contribution < 1.29 is 19.1 Å². The maximum Gasteiger partial charge on any atom is 0.307 e. The predicted molar refractivity (Wildman–Crippen MR) is 74.6 cm³/mol. The summed E-state index contributed by atoms with van der Waals surface area (Å²) in [5, 5.41) is 0. The zero-order chi connectivity index (χ0) is 14.9. The summed E-state index contributed by atoms with van der Waals surface area (Å²) in [4.78, 5) is 22.6. The Hall–Kier alpha value is -1.58. The Morgan fingerprint density at radius 1 is 1.21 bits per heavy atom. The number of ether oxygens (including phenoxy) is 2. The third-order valence-corrected chi connectivity index (χ3v) is 2.73. The van der Waals surface area contributed by atoms with E-state index in [1.807, 2.05) is 20.8 Å². The Bertz CT molecular complexity index is 353. The molecule has 0 saturated heterocycles. The van der Waals surface area contributed by atoms with Crippen molar-refractivity contribution in [2.75, 3.05) is 7.11 Å². The average Bonchev–Trinajstić information content (AvgIpc) is 2.35. The molecular weight excluding hydrogens is 244 g/mol. The molecule has 0 N–H and O–H groups in total. The molecule has 108 valence electrons. The first kappa shape index (κ1) is 17.4. The van der Waals surface area contributed by atoms with E-state index in [1.54, 1.807) is 6.08 Å². The van der Waals surface area contributed by atoms with Crippen LogP contribution in [0.5, 0.6) is 0 Å². The lowest BCUT2D eigenvalue weighted by molar-refractivity contribution is -0.157. The molecule has 0 heterocycles. The highest BCUT2D eigenvalue weighted by Gasteiger charge is 2.24. The minimum absolute atomic E-state index is 0.0265. The molecule has 0 aliphatic heterocycles. The zero-order valence-electron chi connectivity index (χ0n) is 12.3. The molecule has 0 radical (unpaired) electrons. The minimum atomic E-state index is -0.695. The van der Waals surface area contributed by atoms with Crippen LogP contribution >= 0.6 is 0 Å². The van der Waals surface area contributed by atoms with Crippen LogP contribution in [0.4, 0.5) is 0 Å². The second kappa shape index (κ2) is 8.51. The Morgan fingerprint density at radius 3 is 2.26 bits per heavy atom. The lowest BCUT2D eigenvalue weighted by Gasteiger charge is -2.25. The van der Waals surface area contributed by atoms with Crippen LogP contribution in [0.25, 0.3) is 0 Å². The highest BCUT2D eigenvalue weighted by Crippen LogP contribution is 2.21. The highest BCUT2D eigenvalue weighted by molar-refractivity contribution is 5.77. The van der Waals surface area contributed by atoms with E-state index in [1.165, 1.54) is 12.7 Å². The fourth-order valence-corrected chi connectivity index (χ4v) is 1.46. The van der Waals surface area contributed by atoms with Crippen molar-refractivity contribution in [3.05, 3.63) is 24.3 Å². The summed E-state index contributed by atoms with van der Waals surface area (Å²) >= 11 is 0. The number of rotatable bonds is 8. The van der Waals surface area contributed by atoms with Crippen molar-refractivity contribution in [2.24, 2.45) is 0 Å². The molecule has 0 spiro atoms. The fraction of sp³-hybridized carbons (Fsp3) is 0.600. The van der Waals surface area contributed by atoms with Crippen molar-refractivity contribution in [2.45, 2.75) is 52.1 Å². The Labute approximate surface area is 115 Å². The van der Waals surface area contributed by atoms with E-state index in [-0.39, 0.29) is 12.8 Å². The van der Waals surface area contributed by atoms with Gasteiger partial charge in [0.05, 0.1) is 20.0 Å². The van der Waals surface area contributed by atoms with Gasteiger partial charge in [-0.15, -0.1) is 0 Å². The van der Waals surface area contributed by atoms with E-state index in [4.69, 9.17) is 4.74 Å². The second-order valence-corrected chi connectivity index (χ2v) is 4.89. The normalized spacial score (nSPS) is 13.1. The van der Waals surface area contributed by atoms with Gasteiger partial charge in [-0.25, -0.2) is 0 Å². The molecule has 0 amide bonds. The number of hydrogen-bond acceptors (Lipinski definition) is 4. The Balaban J connectivity index is 4.28. The van der Waals surface area contributed by atoms with Crippen molar-refractivity contribution in [1.29, 1.82) is 0 Å². The van der Waals surface area contributed by atoms with Gasteiger partial charge in [-0.1, -0.05) is 18.2 Å². The van der Waals surface area contributed by atoms with Gasteiger partial charge in [-0.3, -0.25) is 9.59 Å². The summed E-state index contributed by atoms with van der Waals surface area (Å²) in [5.41, 5.74) is 0.530. The van der Waals surface area contributed by atoms with Crippen LogP contribution in [0.15, 0.2) is 24.3 Å². The third-order valence-electron chi connectivity index (χ3n) is 2.73. The third kappa shape index (κ3) is 8.19. The van der Waals surface area contributed by atoms with Crippen molar-refractivity contribution >= 4 is 11.9 Å². The maximum atomic E-state index is 11.6. The topological polar surface area (TPSA) is 52.6 Å². The molecule has 1 atom stereocenters. The van der Waals surface area contributed by atoms with Gasteiger partial charge in [0.15, 0.2) is 0 Å². The number of carbonyl (C=O) groups excluding carboxylic acids is 2. The molecule has 0 saturated carbocycles. The van der Waals surface area contributed by atoms with E-state index in [0.717, 1.165) is 6.42 Å². The van der Waals surface area contributed by atoms with Gasteiger partial charge in [-0.05, 0) is 39.7 Å². The van der Waals surface area contributed by atoms with Crippen molar-refractivity contribution in [3.63, 3.8) is 0 Å². The molecule has 0 aromatic rings. The molecule has 0 rings (SSSR count). The van der Waals surface area contributed by atoms with Gasteiger partial charge in [0, 0.05) is 0 Å². The highest BCUT2D eigenvalue weighted by atomic mass is 16.6. The second-order valence-electron chi connectivity index (χ2n) is 4.89. The smallest absolute Gasteiger partial charge is 0.307 e. The predicted octanol–water partition coefficient (Wildman–Crippen LogP) is 3.17. The van der Waals surface area contributed by atoms with Crippen molar-refractivity contribution in [3.8, 4) is 0 Å². The molecule has 0 aromatic carbocycles. The van der Waals surface area contributed by atoms with Crippen LogP contribution in [0.3, 0.4) is 0 Å². The maximum absolute atomic E-state index is 11.6. The number of allylic oxidation sites excluding steroid dienone is 2. The van der Waals surface area contributed by atoms with Gasteiger partial charge < -0.3 is 9.47 Å². The summed E-state index contributed by atoms with van der Waals surface area (Å²) in [6.07, 6.45) is 5.27. The number of carbonyl (C=O) groups is 2. The van der Waals surface area contributed by atoms with Crippen LogP contribution in [-0.2, 0) is 19.1 Å². The summed E-state index contributed by atoms with van der Waals surface area (Å²) in [7, 11) is 1.29. The first-order valence-electron chi connectivity index (χ1n) is 6.38. The lowest BCUT2D eigenvalue weighted by Crippen LogP contribution is -2.29. The van der Waals surface area contributed by atoms with Crippen LogP contribution in [0, 0.1) is 0 Å². The summed E-state index contributed by atoms with van der Waals surface area (Å²) in [6.45, 7) is 9.56. The summed E-state index contributed by atoms with van der Waals surface area (Å²) in [5.74, 6) is -0.827. The average molecular weight is 268 g/mol. The molecule has 0 aliphatic rings. The van der Waals surface area contributed by atoms with Crippen molar-refractivity contribution in [1.82, 2.24) is 0 Å². The molecular formula is C15H24O4.